The van der Waals surface area contributed by atoms with Crippen molar-refractivity contribution in [2.75, 3.05) is 0 Å². The molecule has 0 radical (unpaired) electrons. The Balaban J connectivity index is -0.0000000200. The third kappa shape index (κ3) is 18.4. The van der Waals surface area contributed by atoms with Gasteiger partial charge in [-0.15, -0.1) is 0 Å². The summed E-state index contributed by atoms with van der Waals surface area (Å²) >= 11 is -2.00. The minimum Gasteiger partial charge on any atom is 0 e. The third-order valence-corrected chi connectivity index (χ3v) is 0. The summed E-state index contributed by atoms with van der Waals surface area (Å²) in [5.74, 6) is 0. The second kappa shape index (κ2) is 15.6. The Hall–Kier alpha value is 3.60. The molecule has 0 bridgehead atoms. The van der Waals surface area contributed by atoms with Gasteiger partial charge in [0.1, 0.15) is 0 Å². The van der Waals surface area contributed by atoms with E-state index in [1.165, 1.54) is 0 Å². The van der Waals surface area contributed by atoms with Gasteiger partial charge in [-0.3, -0.25) is 0 Å². The molecule has 0 heterocycles. The van der Waals surface area contributed by atoms with Crippen LogP contribution in [0.15, 0.2) is 0 Å². The van der Waals surface area contributed by atoms with Gasteiger partial charge in [-0.05, 0) is 0 Å². The van der Waals surface area contributed by atoms with Gasteiger partial charge in [0, 0.05) is 46.9 Å². The summed E-state index contributed by atoms with van der Waals surface area (Å²) < 4.78 is 15.8. The van der Waals surface area contributed by atoms with E-state index in [0.29, 0.717) is 0 Å². The van der Waals surface area contributed by atoms with Gasteiger partial charge in [0.05, 0.1) is 0 Å². The van der Waals surface area contributed by atoms with Gasteiger partial charge in [-0.25, -0.2) is 0 Å². The Morgan fingerprint density at radius 2 is 1.60 bits per heavy atom. The van der Waals surface area contributed by atoms with Crippen LogP contribution >= 0.6 is 0 Å². The van der Waals surface area contributed by atoms with Gasteiger partial charge >= 0.3 is 77.4 Å². The molecule has 0 saturated carbocycles. The molecule has 0 fully saturated rings. The first-order valence-corrected chi connectivity index (χ1v) is 2.86. The van der Waals surface area contributed by atoms with E-state index in [1.54, 1.807) is 0 Å². The third-order valence-electron chi connectivity index (χ3n) is 0. The van der Waals surface area contributed by atoms with Crippen molar-refractivity contribution in [3.05, 3.63) is 0 Å². The van der Waals surface area contributed by atoms with Crippen LogP contribution in [0.4, 0.5) is 0 Å². The van der Waals surface area contributed by atoms with Gasteiger partial charge in [0.15, 0.2) is 0 Å². The van der Waals surface area contributed by atoms with Crippen molar-refractivity contribution in [1.82, 2.24) is 0 Å². The van der Waals surface area contributed by atoms with Crippen molar-refractivity contribution in [3.8, 4) is 0 Å². The number of rotatable bonds is 0. The van der Waals surface area contributed by atoms with Crippen molar-refractivity contribution in [1.29, 1.82) is 0 Å². The van der Waals surface area contributed by atoms with Gasteiger partial charge in [0.25, 0.3) is 0 Å². The first-order chi connectivity index (χ1) is 1.41. The van der Waals surface area contributed by atoms with Crippen LogP contribution in [0.2, 0.25) is 0 Å². The maximum Gasteiger partial charge on any atom is 0 e. The second-order valence-corrected chi connectivity index (χ2v) is 0.610. The molecule has 0 aliphatic heterocycles. The van der Waals surface area contributed by atoms with Gasteiger partial charge in [0.2, 0.25) is 0 Å². The Labute approximate surface area is 120 Å². The summed E-state index contributed by atoms with van der Waals surface area (Å²) in [5, 5.41) is 0. The molecule has 0 atom stereocenters. The maximum atomic E-state index is 8.65. The SMILES string of the molecule is [KH].[O]=[W][OH].[Yb]. The van der Waals surface area contributed by atoms with Gasteiger partial charge < -0.3 is 0 Å². The summed E-state index contributed by atoms with van der Waals surface area (Å²) in [7, 11) is 0. The van der Waals surface area contributed by atoms with E-state index in [1.807, 2.05) is 0 Å². The molecular formula is H2KO2WYb. The molecule has 0 aliphatic rings. The van der Waals surface area contributed by atoms with E-state index in [2.05, 4.69) is 0 Å². The topological polar surface area (TPSA) is 37.3 Å². The molecule has 35 valence electrons. The minimum atomic E-state index is -2.00. The van der Waals surface area contributed by atoms with Crippen molar-refractivity contribution < 1.29 is 73.0 Å². The zero-order valence-electron chi connectivity index (χ0n) is 1.53. The average molecular weight is 430 g/mol. The molecule has 0 aliphatic carbocycles. The van der Waals surface area contributed by atoms with Crippen LogP contribution in [0, 0.1) is 46.9 Å². The predicted molar refractivity (Wildman–Crippen MR) is 10.1 cm³/mol. The van der Waals surface area contributed by atoms with Crippen molar-refractivity contribution in [3.63, 3.8) is 0 Å². The quantitative estimate of drug-likeness (QED) is 0.485. The Morgan fingerprint density at radius 1 is 1.60 bits per heavy atom. The van der Waals surface area contributed by atoms with Crippen LogP contribution in [0.1, 0.15) is 0 Å². The average Bonchev–Trinajstić information content (AvgIpc) is 0.918. The summed E-state index contributed by atoms with van der Waals surface area (Å²) in [6.45, 7) is 0. The smallest absolute Gasteiger partial charge is 0 e. The summed E-state index contributed by atoms with van der Waals surface area (Å²) in [4.78, 5) is 0. The standard InChI is InChI=1S/K.H2O.O.W.Yb.H/h;1H2;;;;/q;;;+1;;/p-1. The van der Waals surface area contributed by atoms with E-state index < -0.39 is 18.9 Å². The molecule has 0 unspecified atom stereocenters. The van der Waals surface area contributed by atoms with Gasteiger partial charge in [-0.2, -0.15) is 0 Å². The fourth-order valence-electron chi connectivity index (χ4n) is 0. The van der Waals surface area contributed by atoms with Crippen LogP contribution in [0.25, 0.3) is 0 Å². The maximum absolute atomic E-state index is 8.65. The fraction of sp³-hybridized carbons (Fsp3) is 0. The Bertz CT molecular complexity index is 17.1. The molecule has 0 aromatic rings. The second-order valence-electron chi connectivity index (χ2n) is 0.0745. The van der Waals surface area contributed by atoms with Crippen molar-refractivity contribution in [2.45, 2.75) is 0 Å². The van der Waals surface area contributed by atoms with Gasteiger partial charge in [-0.1, -0.05) is 0 Å². The Morgan fingerprint density at radius 3 is 1.60 bits per heavy atom. The molecule has 0 saturated heterocycles. The first-order valence-electron chi connectivity index (χ1n) is 0.349. The van der Waals surface area contributed by atoms with Crippen molar-refractivity contribution in [2.24, 2.45) is 0 Å². The van der Waals surface area contributed by atoms with E-state index in [4.69, 9.17) is 7.16 Å². The molecule has 0 aromatic carbocycles. The molecule has 5 heavy (non-hydrogen) atoms. The van der Waals surface area contributed by atoms with Crippen LogP contribution < -0.4 is 0 Å². The molecule has 1 N–H and O–H groups in total. The number of hydrogen-bond donors (Lipinski definition) is 1. The van der Waals surface area contributed by atoms with E-state index >= 15 is 0 Å². The zero-order chi connectivity index (χ0) is 2.71. The first kappa shape index (κ1) is 15.8. The van der Waals surface area contributed by atoms with Crippen molar-refractivity contribution >= 4 is 51.4 Å². The monoisotopic (exact) mass is 431 g/mol. The molecule has 0 aromatic heterocycles. The summed E-state index contributed by atoms with van der Waals surface area (Å²) in [6, 6.07) is 0. The summed E-state index contributed by atoms with van der Waals surface area (Å²) in [6.07, 6.45) is 0. The predicted octanol–water partition coefficient (Wildman–Crippen LogP) is -1.33. The molecule has 0 spiro atoms. The van der Waals surface area contributed by atoms with E-state index in [9.17, 15) is 0 Å². The summed E-state index contributed by atoms with van der Waals surface area (Å²) in [5.41, 5.74) is 0. The van der Waals surface area contributed by atoms with Crippen LogP contribution in [-0.4, -0.2) is 55.1 Å². The van der Waals surface area contributed by atoms with E-state index in [0.717, 1.165) is 0 Å². The Kier molecular flexibility index (Phi) is 49.6. The number of hydrogen-bond acceptors (Lipinski definition) is 1. The van der Waals surface area contributed by atoms with Crippen LogP contribution in [-0.2, 0) is 22.3 Å². The fourth-order valence-corrected chi connectivity index (χ4v) is 0. The van der Waals surface area contributed by atoms with Crippen LogP contribution in [0.5, 0.6) is 0 Å². The van der Waals surface area contributed by atoms with Crippen LogP contribution in [0.3, 0.4) is 0 Å². The molecule has 0 amide bonds. The molecule has 0 rings (SSSR count). The molecule has 5 heteroatoms. The normalized spacial score (nSPS) is 2.60. The van der Waals surface area contributed by atoms with E-state index in [-0.39, 0.29) is 98.3 Å². The zero-order valence-corrected chi connectivity index (χ0v) is 6.18. The molecule has 2 nitrogen and oxygen atoms in total. The minimum absolute atomic E-state index is 0. The molecular weight excluding hydrogens is 428 g/mol. The largest absolute Gasteiger partial charge is 0 e.